The van der Waals surface area contributed by atoms with Gasteiger partial charge in [0.25, 0.3) is 0 Å². The Bertz CT molecular complexity index is 2380. The summed E-state index contributed by atoms with van der Waals surface area (Å²) in [5.74, 6) is -1.35. The fourth-order valence-electron chi connectivity index (χ4n) is 9.21. The van der Waals surface area contributed by atoms with Crippen molar-refractivity contribution in [3.63, 3.8) is 0 Å². The third-order valence-corrected chi connectivity index (χ3v) is 63.6. The summed E-state index contributed by atoms with van der Waals surface area (Å²) in [6, 6.07) is 42.4. The Kier molecular flexibility index (Phi) is 8.16. The number of aryl methyl sites for hydroxylation is 1. The van der Waals surface area contributed by atoms with Gasteiger partial charge in [-0.1, -0.05) is 0 Å². The van der Waals surface area contributed by atoms with Crippen molar-refractivity contribution in [2.75, 3.05) is 0 Å². The van der Waals surface area contributed by atoms with Gasteiger partial charge in [0.2, 0.25) is 0 Å². The monoisotopic (exact) mass is 771 g/mol. The van der Waals surface area contributed by atoms with Crippen LogP contribution in [-0.4, -0.2) is 5.92 Å². The van der Waals surface area contributed by atoms with E-state index in [1.165, 1.54) is 82.8 Å². The summed E-state index contributed by atoms with van der Waals surface area (Å²) in [5.41, 5.74) is 14.5. The zero-order valence-electron chi connectivity index (χ0n) is 29.2. The second-order valence-corrected chi connectivity index (χ2v) is 57.6. The SMILES string of the molecule is CC1=Cc2c(-c3ccc4ccccc4c3)ccc(C)c2[CH]1[Zr]([Cl])([Cl])([CH]1C(C(C)C)=Cc2c(-c3cccc4ccccc34)cccc21)[SiH](C)C. The van der Waals surface area contributed by atoms with Crippen LogP contribution in [0.2, 0.25) is 13.1 Å². The molecule has 0 saturated heterocycles. The van der Waals surface area contributed by atoms with Crippen LogP contribution in [0.5, 0.6) is 0 Å². The van der Waals surface area contributed by atoms with Crippen LogP contribution in [0.25, 0.3) is 56.0 Å². The first-order valence-electron chi connectivity index (χ1n) is 17.7. The third kappa shape index (κ3) is 5.00. The Morgan fingerprint density at radius 1 is 0.612 bits per heavy atom. The number of allylic oxidation sites excluding steroid dienone is 2. The molecule has 0 spiro atoms. The molecule has 0 bridgehead atoms. The predicted octanol–water partition coefficient (Wildman–Crippen LogP) is 13.9. The van der Waals surface area contributed by atoms with Gasteiger partial charge in [-0.15, -0.1) is 0 Å². The van der Waals surface area contributed by atoms with Crippen molar-refractivity contribution in [3.8, 4) is 22.3 Å². The molecule has 8 rings (SSSR count). The van der Waals surface area contributed by atoms with E-state index >= 15 is 0 Å². The number of benzene rings is 6. The zero-order valence-corrected chi connectivity index (χ0v) is 34.3. The van der Waals surface area contributed by atoms with Crippen LogP contribution in [0.3, 0.4) is 0 Å². The molecule has 6 aromatic rings. The summed E-state index contributed by atoms with van der Waals surface area (Å²) in [6.07, 6.45) is 4.93. The third-order valence-electron chi connectivity index (χ3n) is 11.7. The van der Waals surface area contributed by atoms with E-state index < -0.39 is 21.5 Å². The van der Waals surface area contributed by atoms with Gasteiger partial charge >= 0.3 is 303 Å². The van der Waals surface area contributed by atoms with Gasteiger partial charge in [-0.25, -0.2) is 0 Å². The molecule has 2 atom stereocenters. The molecule has 0 saturated carbocycles. The normalized spacial score (nSPS) is 18.0. The van der Waals surface area contributed by atoms with Crippen LogP contribution in [0.1, 0.15) is 55.8 Å². The summed E-state index contributed by atoms with van der Waals surface area (Å²) in [7, 11) is 17.5. The first-order chi connectivity index (χ1) is 23.5. The van der Waals surface area contributed by atoms with E-state index in [0.29, 0.717) is 5.92 Å². The van der Waals surface area contributed by atoms with Crippen molar-refractivity contribution < 1.29 is 15.6 Å². The summed E-state index contributed by atoms with van der Waals surface area (Å²) < 4.78 is 0.121. The van der Waals surface area contributed by atoms with Gasteiger partial charge in [-0.3, -0.25) is 0 Å². The molecule has 0 aromatic heterocycles. The Labute approximate surface area is 300 Å². The molecule has 2 aliphatic rings. The van der Waals surface area contributed by atoms with Crippen molar-refractivity contribution in [3.05, 3.63) is 154 Å². The average Bonchev–Trinajstić information content (AvgIpc) is 3.68. The second-order valence-electron chi connectivity index (χ2n) is 15.1. The van der Waals surface area contributed by atoms with Crippen molar-refractivity contribution >= 4 is 56.6 Å². The molecule has 0 nitrogen and oxygen atoms in total. The molecule has 0 radical (unpaired) electrons. The van der Waals surface area contributed by atoms with Gasteiger partial charge in [-0.2, -0.15) is 0 Å². The Hall–Kier alpha value is -3.00. The summed E-state index contributed by atoms with van der Waals surface area (Å²) in [5, 5.41) is 5.06. The molecule has 245 valence electrons. The van der Waals surface area contributed by atoms with Crippen LogP contribution in [0.4, 0.5) is 0 Å². The number of hydrogen-bond acceptors (Lipinski definition) is 0. The van der Waals surface area contributed by atoms with Gasteiger partial charge in [0.15, 0.2) is 0 Å². The molecular weight excluding hydrogens is 731 g/mol. The van der Waals surface area contributed by atoms with E-state index in [0.717, 1.165) is 0 Å². The molecule has 49 heavy (non-hydrogen) atoms. The van der Waals surface area contributed by atoms with Crippen molar-refractivity contribution in [2.45, 2.75) is 48.0 Å². The number of fused-ring (bicyclic) bond motifs is 4. The number of rotatable bonds is 6. The van der Waals surface area contributed by atoms with Crippen LogP contribution in [0, 0.1) is 12.8 Å². The molecular formula is C45H43Cl2SiZr. The molecule has 0 aliphatic heterocycles. The Morgan fingerprint density at radius 3 is 2.04 bits per heavy atom. The Balaban J connectivity index is 1.35. The Morgan fingerprint density at radius 2 is 1.29 bits per heavy atom. The average molecular weight is 774 g/mol. The van der Waals surface area contributed by atoms with Crippen molar-refractivity contribution in [1.82, 2.24) is 0 Å². The van der Waals surface area contributed by atoms with Crippen LogP contribution >= 0.6 is 17.0 Å². The number of halogens is 2. The summed E-state index contributed by atoms with van der Waals surface area (Å²) >= 11 is -4.90. The van der Waals surface area contributed by atoms with Crippen molar-refractivity contribution in [1.29, 1.82) is 0 Å². The quantitative estimate of drug-likeness (QED) is 0.148. The maximum absolute atomic E-state index is 8.73. The van der Waals surface area contributed by atoms with E-state index in [9.17, 15) is 0 Å². The van der Waals surface area contributed by atoms with Crippen molar-refractivity contribution in [2.24, 2.45) is 5.92 Å². The summed E-state index contributed by atoms with van der Waals surface area (Å²) in [6.45, 7) is 14.1. The molecule has 2 aliphatic carbocycles. The zero-order chi connectivity index (χ0) is 34.3. The van der Waals surface area contributed by atoms with E-state index in [4.69, 9.17) is 17.0 Å². The minimum absolute atomic E-state index is 0.0596. The molecule has 6 aromatic carbocycles. The predicted molar refractivity (Wildman–Crippen MR) is 216 cm³/mol. The van der Waals surface area contributed by atoms with Gasteiger partial charge in [0, 0.05) is 0 Å². The molecule has 2 unspecified atom stereocenters. The molecule has 4 heteroatoms. The number of hydrogen-bond donors (Lipinski definition) is 0. The standard InChI is InChI=1S/C22H19.C21H17.C2H7Si.2ClH.Zr/c1-15(2)18-13-17-9-6-12-21(22(17)14-18)20-11-5-8-16-7-3-4-10-19(16)20;1-14-11-20-15(2)7-10-19(21(20)12-14)18-9-8-16-5-3-4-6-17(16)13-18;1-3-2;;;/h3-15H,1-2H3;3-13H,1-2H3;3H,1-2H3;2*1H;/q;;;;;+2/p-2. The van der Waals surface area contributed by atoms with E-state index in [-0.39, 0.29) is 7.25 Å². The first-order valence-corrected chi connectivity index (χ1v) is 34.0. The summed E-state index contributed by atoms with van der Waals surface area (Å²) in [4.78, 5) is 0. The molecule has 0 amide bonds. The van der Waals surface area contributed by atoms with Crippen LogP contribution < -0.4 is 0 Å². The fraction of sp³-hybridized carbons (Fsp3) is 0.200. The van der Waals surface area contributed by atoms with E-state index in [1.807, 2.05) is 0 Å². The first kappa shape index (κ1) is 33.2. The topological polar surface area (TPSA) is 0 Å². The van der Waals surface area contributed by atoms with E-state index in [2.05, 4.69) is 168 Å². The molecule has 0 fully saturated rings. The van der Waals surface area contributed by atoms with Gasteiger partial charge in [0.1, 0.15) is 0 Å². The van der Waals surface area contributed by atoms with Gasteiger partial charge in [0.05, 0.1) is 0 Å². The van der Waals surface area contributed by atoms with Gasteiger partial charge < -0.3 is 0 Å². The minimum atomic E-state index is -4.90. The van der Waals surface area contributed by atoms with Crippen LogP contribution in [0.15, 0.2) is 126 Å². The second kappa shape index (κ2) is 12.1. The molecule has 0 N–H and O–H groups in total. The maximum atomic E-state index is 8.73. The van der Waals surface area contributed by atoms with E-state index in [1.54, 1.807) is 0 Å². The van der Waals surface area contributed by atoms with Crippen LogP contribution in [-0.2, 0) is 15.6 Å². The van der Waals surface area contributed by atoms with Gasteiger partial charge in [-0.05, 0) is 0 Å². The fourth-order valence-corrected chi connectivity index (χ4v) is 41.5. The molecule has 0 heterocycles.